The van der Waals surface area contributed by atoms with Crippen LogP contribution in [0.3, 0.4) is 0 Å². The fraction of sp³-hybridized carbons (Fsp3) is 0.286. The van der Waals surface area contributed by atoms with E-state index in [1.54, 1.807) is 18.2 Å². The van der Waals surface area contributed by atoms with Gasteiger partial charge in [0, 0.05) is 0 Å². The van der Waals surface area contributed by atoms with Gasteiger partial charge in [-0.25, -0.2) is 0 Å². The zero-order valence-corrected chi connectivity index (χ0v) is 16.6. The lowest BCUT2D eigenvalue weighted by atomic mass is 10.2. The van der Waals surface area contributed by atoms with E-state index < -0.39 is 0 Å². The van der Waals surface area contributed by atoms with Crippen molar-refractivity contribution in [3.63, 3.8) is 0 Å². The largest absolute Gasteiger partial charge is 0.497 e. The number of amidine groups is 1. The van der Waals surface area contributed by atoms with Crippen LogP contribution in [0, 0.1) is 6.92 Å². The van der Waals surface area contributed by atoms with E-state index >= 15 is 0 Å². The number of benzene rings is 2. The predicted octanol–water partition coefficient (Wildman–Crippen LogP) is 4.25. The normalized spacial score (nSPS) is 18.6. The van der Waals surface area contributed by atoms with Crippen molar-refractivity contribution in [2.75, 3.05) is 7.11 Å². The van der Waals surface area contributed by atoms with Crippen molar-refractivity contribution in [2.45, 2.75) is 32.1 Å². The maximum atomic E-state index is 12.7. The summed E-state index contributed by atoms with van der Waals surface area (Å²) < 4.78 is 5.19. The molecule has 140 valence electrons. The van der Waals surface area contributed by atoms with E-state index in [1.165, 1.54) is 17.3 Å². The fourth-order valence-electron chi connectivity index (χ4n) is 2.70. The maximum absolute atomic E-state index is 12.7. The van der Waals surface area contributed by atoms with Crippen LogP contribution in [0.4, 0.5) is 0 Å². The molecule has 0 aromatic heterocycles. The van der Waals surface area contributed by atoms with E-state index in [4.69, 9.17) is 4.74 Å². The molecule has 0 saturated carbocycles. The molecule has 1 amide bonds. The minimum Gasteiger partial charge on any atom is -0.497 e. The number of ether oxygens (including phenoxy) is 1. The van der Waals surface area contributed by atoms with Crippen molar-refractivity contribution >= 4 is 29.1 Å². The predicted molar refractivity (Wildman–Crippen MR) is 111 cm³/mol. The third-order valence-corrected chi connectivity index (χ3v) is 5.65. The Balaban J connectivity index is 1.77. The number of carbonyl (C=O) groups excluding carboxylic acids is 1. The molecule has 1 atom stereocenters. The first kappa shape index (κ1) is 19.2. The first-order valence-corrected chi connectivity index (χ1v) is 9.77. The molecule has 27 heavy (non-hydrogen) atoms. The Hall–Kier alpha value is -2.60. The fourth-order valence-corrected chi connectivity index (χ4v) is 3.73. The average molecular weight is 382 g/mol. The number of methoxy groups -OCH3 is 1. The highest BCUT2D eigenvalue weighted by atomic mass is 32.2. The molecule has 2 aromatic rings. The summed E-state index contributed by atoms with van der Waals surface area (Å²) in [5, 5.41) is 9.08. The van der Waals surface area contributed by atoms with E-state index in [0.717, 1.165) is 23.3 Å². The SMILES string of the molecule is CCC1SC(=NN=Cc2ccc(C)cc2)N(Cc2ccc(OC)cc2)C1=O. The van der Waals surface area contributed by atoms with Gasteiger partial charge < -0.3 is 4.74 Å². The molecular weight excluding hydrogens is 358 g/mol. The first-order chi connectivity index (χ1) is 13.1. The maximum Gasteiger partial charge on any atom is 0.242 e. The van der Waals surface area contributed by atoms with E-state index in [1.807, 2.05) is 62.4 Å². The van der Waals surface area contributed by atoms with Gasteiger partial charge in [0.2, 0.25) is 5.91 Å². The van der Waals surface area contributed by atoms with Gasteiger partial charge in [-0.1, -0.05) is 60.6 Å². The lowest BCUT2D eigenvalue weighted by Crippen LogP contribution is -2.31. The smallest absolute Gasteiger partial charge is 0.242 e. The summed E-state index contributed by atoms with van der Waals surface area (Å²) in [6.07, 6.45) is 2.48. The van der Waals surface area contributed by atoms with Crippen LogP contribution in [0.5, 0.6) is 5.75 Å². The zero-order chi connectivity index (χ0) is 19.2. The summed E-state index contributed by atoms with van der Waals surface area (Å²) in [6.45, 7) is 4.54. The Morgan fingerprint density at radius 3 is 2.48 bits per heavy atom. The molecule has 2 aromatic carbocycles. The highest BCUT2D eigenvalue weighted by Crippen LogP contribution is 2.31. The molecule has 1 aliphatic heterocycles. The number of rotatable bonds is 6. The summed E-state index contributed by atoms with van der Waals surface area (Å²) in [4.78, 5) is 14.4. The molecule has 5 nitrogen and oxygen atoms in total. The second-order valence-electron chi connectivity index (χ2n) is 6.33. The molecule has 0 spiro atoms. The third kappa shape index (κ3) is 4.77. The van der Waals surface area contributed by atoms with Crippen LogP contribution in [0.15, 0.2) is 58.7 Å². The lowest BCUT2D eigenvalue weighted by Gasteiger charge is -2.16. The molecule has 0 aliphatic carbocycles. The van der Waals surface area contributed by atoms with Gasteiger partial charge in [-0.05, 0) is 36.6 Å². The van der Waals surface area contributed by atoms with Crippen molar-refractivity contribution in [1.82, 2.24) is 4.90 Å². The molecular formula is C21H23N3O2S. The summed E-state index contributed by atoms with van der Waals surface area (Å²) in [7, 11) is 1.64. The van der Waals surface area contributed by atoms with Gasteiger partial charge in [0.25, 0.3) is 0 Å². The van der Waals surface area contributed by atoms with Gasteiger partial charge in [0.05, 0.1) is 25.1 Å². The topological polar surface area (TPSA) is 54.3 Å². The van der Waals surface area contributed by atoms with Gasteiger partial charge in [0.15, 0.2) is 5.17 Å². The number of hydrogen-bond acceptors (Lipinski definition) is 5. The average Bonchev–Trinajstić information content (AvgIpc) is 2.99. The van der Waals surface area contributed by atoms with Crippen LogP contribution in [0.2, 0.25) is 0 Å². The Morgan fingerprint density at radius 2 is 1.85 bits per heavy atom. The number of nitrogens with zero attached hydrogens (tertiary/aromatic N) is 3. The van der Waals surface area contributed by atoms with Crippen LogP contribution in [0.25, 0.3) is 0 Å². The van der Waals surface area contributed by atoms with Crippen molar-refractivity contribution in [2.24, 2.45) is 10.2 Å². The minimum atomic E-state index is -0.100. The van der Waals surface area contributed by atoms with Crippen molar-refractivity contribution in [3.8, 4) is 5.75 Å². The van der Waals surface area contributed by atoms with Crippen molar-refractivity contribution in [3.05, 3.63) is 65.2 Å². The van der Waals surface area contributed by atoms with E-state index in [2.05, 4.69) is 10.2 Å². The Bertz CT molecular complexity index is 845. The summed E-state index contributed by atoms with van der Waals surface area (Å²) in [6, 6.07) is 15.8. The highest BCUT2D eigenvalue weighted by Gasteiger charge is 2.36. The molecule has 3 rings (SSSR count). The summed E-state index contributed by atoms with van der Waals surface area (Å²) in [5.74, 6) is 0.881. The van der Waals surface area contributed by atoms with E-state index in [0.29, 0.717) is 11.7 Å². The molecule has 0 bridgehead atoms. The van der Waals surface area contributed by atoms with Gasteiger partial charge in [-0.3, -0.25) is 9.69 Å². The van der Waals surface area contributed by atoms with Crippen molar-refractivity contribution < 1.29 is 9.53 Å². The second-order valence-corrected chi connectivity index (χ2v) is 7.49. The van der Waals surface area contributed by atoms with Crippen LogP contribution in [-0.4, -0.2) is 34.5 Å². The van der Waals surface area contributed by atoms with E-state index in [-0.39, 0.29) is 11.2 Å². The molecule has 0 N–H and O–H groups in total. The Labute approximate surface area is 164 Å². The van der Waals surface area contributed by atoms with Crippen LogP contribution < -0.4 is 4.74 Å². The monoisotopic (exact) mass is 381 g/mol. The van der Waals surface area contributed by atoms with Crippen LogP contribution in [-0.2, 0) is 11.3 Å². The molecule has 1 saturated heterocycles. The van der Waals surface area contributed by atoms with Gasteiger partial charge in [-0.2, -0.15) is 5.10 Å². The third-order valence-electron chi connectivity index (χ3n) is 4.32. The standard InChI is InChI=1S/C21H23N3O2S/c1-4-19-20(25)24(14-17-9-11-18(26-3)12-10-17)21(27-19)23-22-13-16-7-5-15(2)6-8-16/h5-13,19H,4,14H2,1-3H3. The molecule has 1 unspecified atom stereocenters. The van der Waals surface area contributed by atoms with Gasteiger partial charge in [0.1, 0.15) is 5.75 Å². The highest BCUT2D eigenvalue weighted by molar-refractivity contribution is 8.15. The number of hydrogen-bond donors (Lipinski definition) is 0. The van der Waals surface area contributed by atoms with Crippen molar-refractivity contribution in [1.29, 1.82) is 0 Å². The quantitative estimate of drug-likeness (QED) is 0.555. The second kappa shape index (κ2) is 8.86. The molecule has 1 heterocycles. The van der Waals surface area contributed by atoms with Crippen LogP contribution >= 0.6 is 11.8 Å². The van der Waals surface area contributed by atoms with E-state index in [9.17, 15) is 4.79 Å². The first-order valence-electron chi connectivity index (χ1n) is 8.89. The Kier molecular flexibility index (Phi) is 6.29. The summed E-state index contributed by atoms with van der Waals surface area (Å²) in [5.41, 5.74) is 3.21. The number of thioether (sulfide) groups is 1. The molecule has 6 heteroatoms. The van der Waals surface area contributed by atoms with Gasteiger partial charge in [-0.15, -0.1) is 5.10 Å². The number of carbonyl (C=O) groups is 1. The zero-order valence-electron chi connectivity index (χ0n) is 15.8. The minimum absolute atomic E-state index is 0.0857. The van der Waals surface area contributed by atoms with Crippen LogP contribution in [0.1, 0.15) is 30.0 Å². The number of aryl methyl sites for hydroxylation is 1. The lowest BCUT2D eigenvalue weighted by molar-refractivity contribution is -0.126. The number of amides is 1. The summed E-state index contributed by atoms with van der Waals surface area (Å²) >= 11 is 1.48. The Morgan fingerprint density at radius 1 is 1.15 bits per heavy atom. The molecule has 0 radical (unpaired) electrons. The molecule has 1 aliphatic rings. The van der Waals surface area contributed by atoms with Gasteiger partial charge >= 0.3 is 0 Å². The molecule has 1 fully saturated rings.